The smallest absolute Gasteiger partial charge is 0.262 e. The topological polar surface area (TPSA) is 79.9 Å². The highest BCUT2D eigenvalue weighted by Gasteiger charge is 2.35. The van der Waals surface area contributed by atoms with E-state index in [0.29, 0.717) is 23.7 Å². The molecule has 2 N–H and O–H groups in total. The SMILES string of the molecule is CCCNC(=O)[C@H]1CN([C@@H](C)C(=O)Nc2ccccc2OC)c2ccccc2O1. The molecule has 0 aromatic heterocycles. The first kappa shape index (κ1) is 20.5. The fourth-order valence-corrected chi connectivity index (χ4v) is 3.25. The lowest BCUT2D eigenvalue weighted by Crippen LogP contribution is -2.54. The van der Waals surface area contributed by atoms with Gasteiger partial charge >= 0.3 is 0 Å². The Morgan fingerprint density at radius 1 is 1.21 bits per heavy atom. The first-order valence-corrected chi connectivity index (χ1v) is 9.79. The van der Waals surface area contributed by atoms with E-state index in [1.165, 1.54) is 0 Å². The molecular formula is C22H27N3O4. The second kappa shape index (κ2) is 9.32. The van der Waals surface area contributed by atoms with Crippen molar-refractivity contribution in [3.8, 4) is 11.5 Å². The summed E-state index contributed by atoms with van der Waals surface area (Å²) in [6.45, 7) is 4.68. The van der Waals surface area contributed by atoms with Gasteiger partial charge in [-0.15, -0.1) is 0 Å². The molecule has 2 aromatic carbocycles. The maximum absolute atomic E-state index is 13.0. The molecule has 1 aliphatic rings. The average molecular weight is 397 g/mol. The molecule has 0 aliphatic carbocycles. The van der Waals surface area contributed by atoms with Gasteiger partial charge < -0.3 is 25.0 Å². The lowest BCUT2D eigenvalue weighted by Gasteiger charge is -2.38. The minimum absolute atomic E-state index is 0.177. The zero-order chi connectivity index (χ0) is 20.8. The van der Waals surface area contributed by atoms with Gasteiger partial charge in [-0.1, -0.05) is 31.2 Å². The van der Waals surface area contributed by atoms with Gasteiger partial charge in [0.1, 0.15) is 17.5 Å². The molecular weight excluding hydrogens is 370 g/mol. The molecule has 2 amide bonds. The van der Waals surface area contributed by atoms with Gasteiger partial charge in [0.2, 0.25) is 5.91 Å². The third kappa shape index (κ3) is 4.62. The predicted octanol–water partition coefficient (Wildman–Crippen LogP) is 2.82. The standard InChI is InChI=1S/C22H27N3O4/c1-4-13-23-22(27)20-14-25(17-10-6-8-12-19(17)29-20)15(2)21(26)24-16-9-5-7-11-18(16)28-3/h5-12,15,20H,4,13-14H2,1-3H3,(H,23,27)(H,24,26)/t15-,20+/m0/s1. The van der Waals surface area contributed by atoms with Gasteiger partial charge in [0.05, 0.1) is 25.0 Å². The van der Waals surface area contributed by atoms with E-state index in [9.17, 15) is 9.59 Å². The minimum atomic E-state index is -0.682. The molecule has 0 spiro atoms. The Bertz CT molecular complexity index is 871. The van der Waals surface area contributed by atoms with Crippen LogP contribution in [0, 0.1) is 0 Å². The number of hydrogen-bond donors (Lipinski definition) is 2. The van der Waals surface area contributed by atoms with Crippen molar-refractivity contribution >= 4 is 23.2 Å². The molecule has 3 rings (SSSR count). The number of carbonyl (C=O) groups is 2. The lowest BCUT2D eigenvalue weighted by atomic mass is 10.1. The number of fused-ring (bicyclic) bond motifs is 1. The van der Waals surface area contributed by atoms with E-state index in [1.54, 1.807) is 19.2 Å². The normalized spacial score (nSPS) is 16.2. The Kier molecular flexibility index (Phi) is 6.59. The van der Waals surface area contributed by atoms with Crippen molar-refractivity contribution in [3.63, 3.8) is 0 Å². The number of amides is 2. The largest absolute Gasteiger partial charge is 0.495 e. The summed E-state index contributed by atoms with van der Waals surface area (Å²) >= 11 is 0. The van der Waals surface area contributed by atoms with Crippen LogP contribution in [0.15, 0.2) is 48.5 Å². The quantitative estimate of drug-likeness (QED) is 0.751. The monoisotopic (exact) mass is 397 g/mol. The van der Waals surface area contributed by atoms with Gasteiger partial charge in [-0.25, -0.2) is 0 Å². The number of para-hydroxylation sites is 4. The molecule has 0 fully saturated rings. The van der Waals surface area contributed by atoms with Crippen LogP contribution in [0.25, 0.3) is 0 Å². The van der Waals surface area contributed by atoms with E-state index < -0.39 is 12.1 Å². The molecule has 1 heterocycles. The third-order valence-corrected chi connectivity index (χ3v) is 4.86. The van der Waals surface area contributed by atoms with Crippen molar-refractivity contribution in [1.29, 1.82) is 0 Å². The number of nitrogens with zero attached hydrogens (tertiary/aromatic N) is 1. The number of rotatable bonds is 7. The van der Waals surface area contributed by atoms with E-state index in [1.807, 2.05) is 55.1 Å². The summed E-state index contributed by atoms with van der Waals surface area (Å²) in [5, 5.41) is 5.79. The number of carbonyl (C=O) groups excluding carboxylic acids is 2. The molecule has 7 heteroatoms. The number of methoxy groups -OCH3 is 1. The van der Waals surface area contributed by atoms with Crippen LogP contribution < -0.4 is 25.0 Å². The van der Waals surface area contributed by atoms with Crippen molar-refractivity contribution in [2.24, 2.45) is 0 Å². The highest BCUT2D eigenvalue weighted by molar-refractivity contribution is 5.98. The first-order valence-electron chi connectivity index (χ1n) is 9.79. The van der Waals surface area contributed by atoms with Gasteiger partial charge in [-0.05, 0) is 37.6 Å². The molecule has 2 atom stereocenters. The fraction of sp³-hybridized carbons (Fsp3) is 0.364. The van der Waals surface area contributed by atoms with Crippen LogP contribution in [-0.4, -0.2) is 44.2 Å². The number of benzene rings is 2. The zero-order valence-electron chi connectivity index (χ0n) is 17.0. The van der Waals surface area contributed by atoms with Crippen LogP contribution in [0.4, 0.5) is 11.4 Å². The third-order valence-electron chi connectivity index (χ3n) is 4.86. The van der Waals surface area contributed by atoms with Crippen molar-refractivity contribution < 1.29 is 19.1 Å². The molecule has 0 bridgehead atoms. The summed E-state index contributed by atoms with van der Waals surface area (Å²) in [6, 6.07) is 14.2. The molecule has 154 valence electrons. The van der Waals surface area contributed by atoms with Gasteiger partial charge in [0, 0.05) is 6.54 Å². The fourth-order valence-electron chi connectivity index (χ4n) is 3.25. The number of ether oxygens (including phenoxy) is 2. The summed E-state index contributed by atoms with van der Waals surface area (Å²) in [5.74, 6) is 0.808. The molecule has 2 aromatic rings. The van der Waals surface area contributed by atoms with Crippen LogP contribution in [0.1, 0.15) is 20.3 Å². The molecule has 1 aliphatic heterocycles. The van der Waals surface area contributed by atoms with Crippen molar-refractivity contribution in [2.45, 2.75) is 32.4 Å². The highest BCUT2D eigenvalue weighted by Crippen LogP contribution is 2.35. The van der Waals surface area contributed by atoms with Gasteiger partial charge in [0.15, 0.2) is 6.10 Å². The van der Waals surface area contributed by atoms with Crippen molar-refractivity contribution in [1.82, 2.24) is 5.32 Å². The Morgan fingerprint density at radius 3 is 2.69 bits per heavy atom. The van der Waals surface area contributed by atoms with Crippen LogP contribution >= 0.6 is 0 Å². The Morgan fingerprint density at radius 2 is 1.93 bits per heavy atom. The summed E-state index contributed by atoms with van der Waals surface area (Å²) in [5.41, 5.74) is 1.39. The first-order chi connectivity index (χ1) is 14.0. The molecule has 7 nitrogen and oxygen atoms in total. The van der Waals surface area contributed by atoms with Gasteiger partial charge in [-0.3, -0.25) is 9.59 Å². The number of hydrogen-bond acceptors (Lipinski definition) is 5. The van der Waals surface area contributed by atoms with Crippen molar-refractivity contribution in [3.05, 3.63) is 48.5 Å². The molecule has 0 saturated heterocycles. The molecule has 0 saturated carbocycles. The zero-order valence-corrected chi connectivity index (χ0v) is 17.0. The summed E-state index contributed by atoms with van der Waals surface area (Å²) in [4.78, 5) is 27.4. The van der Waals surface area contributed by atoms with E-state index in [4.69, 9.17) is 9.47 Å². The Hall–Kier alpha value is -3.22. The predicted molar refractivity (Wildman–Crippen MR) is 113 cm³/mol. The summed E-state index contributed by atoms with van der Waals surface area (Å²) in [7, 11) is 1.56. The maximum atomic E-state index is 13.0. The number of anilines is 2. The van der Waals surface area contributed by atoms with Crippen LogP contribution in [0.3, 0.4) is 0 Å². The Balaban J connectivity index is 1.81. The van der Waals surface area contributed by atoms with E-state index >= 15 is 0 Å². The van der Waals surface area contributed by atoms with Gasteiger partial charge in [-0.2, -0.15) is 0 Å². The maximum Gasteiger partial charge on any atom is 0.262 e. The Labute approximate surface area is 171 Å². The van der Waals surface area contributed by atoms with E-state index in [-0.39, 0.29) is 18.4 Å². The highest BCUT2D eigenvalue weighted by atomic mass is 16.5. The van der Waals surface area contributed by atoms with Crippen molar-refractivity contribution in [2.75, 3.05) is 30.4 Å². The lowest BCUT2D eigenvalue weighted by molar-refractivity contribution is -0.128. The molecule has 0 unspecified atom stereocenters. The second-order valence-electron chi connectivity index (χ2n) is 6.88. The summed E-state index contributed by atoms with van der Waals surface area (Å²) < 4.78 is 11.2. The summed E-state index contributed by atoms with van der Waals surface area (Å²) in [6.07, 6.45) is 0.161. The molecule has 29 heavy (non-hydrogen) atoms. The van der Waals surface area contributed by atoms with E-state index in [2.05, 4.69) is 10.6 Å². The molecule has 0 radical (unpaired) electrons. The minimum Gasteiger partial charge on any atom is -0.495 e. The average Bonchev–Trinajstić information content (AvgIpc) is 2.76. The van der Waals surface area contributed by atoms with E-state index in [0.717, 1.165) is 12.1 Å². The van der Waals surface area contributed by atoms with Crippen LogP contribution in [0.5, 0.6) is 11.5 Å². The van der Waals surface area contributed by atoms with Gasteiger partial charge in [0.25, 0.3) is 5.91 Å². The van der Waals surface area contributed by atoms with Crippen LogP contribution in [-0.2, 0) is 9.59 Å². The van der Waals surface area contributed by atoms with Crippen LogP contribution in [0.2, 0.25) is 0 Å². The second-order valence-corrected chi connectivity index (χ2v) is 6.88. The number of nitrogens with one attached hydrogen (secondary N) is 2.